The highest BCUT2D eigenvalue weighted by atomic mass is 35.5. The van der Waals surface area contributed by atoms with Crippen molar-refractivity contribution in [2.45, 2.75) is 13.0 Å². The second-order valence-corrected chi connectivity index (χ2v) is 5.37. The summed E-state index contributed by atoms with van der Waals surface area (Å²) in [5.74, 6) is -0.286. The molecule has 0 aliphatic heterocycles. The Hall–Kier alpha value is -1.29. The molecule has 0 saturated carbocycles. The number of benzene rings is 2. The van der Waals surface area contributed by atoms with Crippen molar-refractivity contribution in [3.05, 3.63) is 63.4 Å². The van der Waals surface area contributed by atoms with Gasteiger partial charge in [-0.05, 0) is 48.9 Å². The van der Waals surface area contributed by atoms with Gasteiger partial charge in [-0.3, -0.25) is 0 Å². The lowest BCUT2D eigenvalue weighted by Gasteiger charge is -2.16. The Bertz CT molecular complexity index is 619. The van der Waals surface area contributed by atoms with Crippen LogP contribution >= 0.6 is 23.2 Å². The van der Waals surface area contributed by atoms with Crippen LogP contribution in [0.5, 0.6) is 0 Å². The summed E-state index contributed by atoms with van der Waals surface area (Å²) in [4.78, 5) is 0. The monoisotopic (exact) mass is 313 g/mol. The van der Waals surface area contributed by atoms with Crippen LogP contribution in [0.1, 0.15) is 17.2 Å². The van der Waals surface area contributed by atoms with E-state index in [2.05, 4.69) is 5.32 Å². The molecule has 1 unspecified atom stereocenters. The van der Waals surface area contributed by atoms with Crippen LogP contribution in [0.4, 0.5) is 10.1 Å². The number of aryl methyl sites for hydroxylation is 1. The number of halogens is 3. The SMILES string of the molecule is Cc1cc(F)ccc1NCC(O)c1cc(Cl)ccc1Cl. The van der Waals surface area contributed by atoms with Gasteiger partial charge in [-0.1, -0.05) is 23.2 Å². The number of hydrogen-bond acceptors (Lipinski definition) is 2. The summed E-state index contributed by atoms with van der Waals surface area (Å²) in [7, 11) is 0. The summed E-state index contributed by atoms with van der Waals surface area (Å²) in [6.07, 6.45) is -0.800. The molecule has 0 spiro atoms. The van der Waals surface area contributed by atoms with Crippen molar-refractivity contribution in [1.29, 1.82) is 0 Å². The number of rotatable bonds is 4. The van der Waals surface area contributed by atoms with E-state index in [9.17, 15) is 9.50 Å². The summed E-state index contributed by atoms with van der Waals surface area (Å²) in [6, 6.07) is 9.38. The van der Waals surface area contributed by atoms with Gasteiger partial charge in [0.05, 0.1) is 6.10 Å². The Labute approximate surface area is 127 Å². The number of aliphatic hydroxyl groups excluding tert-OH is 1. The van der Waals surface area contributed by atoms with Gasteiger partial charge in [0.25, 0.3) is 0 Å². The van der Waals surface area contributed by atoms with Gasteiger partial charge in [-0.15, -0.1) is 0 Å². The zero-order valence-electron chi connectivity index (χ0n) is 10.8. The molecule has 0 saturated heterocycles. The van der Waals surface area contributed by atoms with E-state index in [0.29, 0.717) is 15.6 Å². The molecule has 2 aromatic carbocycles. The van der Waals surface area contributed by atoms with Crippen LogP contribution in [0.15, 0.2) is 36.4 Å². The summed E-state index contributed by atoms with van der Waals surface area (Å²) >= 11 is 11.9. The quantitative estimate of drug-likeness (QED) is 0.865. The molecule has 106 valence electrons. The van der Waals surface area contributed by atoms with Crippen LogP contribution < -0.4 is 5.32 Å². The molecule has 2 rings (SSSR count). The molecule has 0 fully saturated rings. The normalized spacial score (nSPS) is 12.2. The van der Waals surface area contributed by atoms with Gasteiger partial charge < -0.3 is 10.4 Å². The van der Waals surface area contributed by atoms with E-state index in [4.69, 9.17) is 23.2 Å². The van der Waals surface area contributed by atoms with E-state index in [1.165, 1.54) is 12.1 Å². The first-order chi connectivity index (χ1) is 9.47. The van der Waals surface area contributed by atoms with E-state index in [-0.39, 0.29) is 12.4 Å². The van der Waals surface area contributed by atoms with Crippen LogP contribution in [0.25, 0.3) is 0 Å². The first-order valence-corrected chi connectivity index (χ1v) is 6.86. The van der Waals surface area contributed by atoms with E-state index < -0.39 is 6.10 Å². The average Bonchev–Trinajstić information content (AvgIpc) is 2.40. The molecule has 5 heteroatoms. The summed E-state index contributed by atoms with van der Waals surface area (Å²) in [5, 5.41) is 14.2. The first kappa shape index (κ1) is 15.1. The fourth-order valence-electron chi connectivity index (χ4n) is 1.91. The molecule has 0 aliphatic carbocycles. The highest BCUT2D eigenvalue weighted by Gasteiger charge is 2.12. The van der Waals surface area contributed by atoms with Crippen LogP contribution in [0.3, 0.4) is 0 Å². The fourth-order valence-corrected chi connectivity index (χ4v) is 2.34. The zero-order chi connectivity index (χ0) is 14.7. The Morgan fingerprint density at radius 3 is 2.65 bits per heavy atom. The number of anilines is 1. The van der Waals surface area contributed by atoms with Gasteiger partial charge in [-0.25, -0.2) is 4.39 Å². The smallest absolute Gasteiger partial charge is 0.123 e. The van der Waals surface area contributed by atoms with Crippen molar-refractivity contribution in [2.75, 3.05) is 11.9 Å². The maximum Gasteiger partial charge on any atom is 0.123 e. The van der Waals surface area contributed by atoms with E-state index in [1.807, 2.05) is 0 Å². The Morgan fingerprint density at radius 2 is 1.95 bits per heavy atom. The van der Waals surface area contributed by atoms with E-state index in [0.717, 1.165) is 11.3 Å². The van der Waals surface area contributed by atoms with Gasteiger partial charge in [0.2, 0.25) is 0 Å². The maximum absolute atomic E-state index is 13.0. The molecule has 20 heavy (non-hydrogen) atoms. The minimum absolute atomic E-state index is 0.256. The molecule has 0 heterocycles. The summed E-state index contributed by atoms with van der Waals surface area (Å²) in [5.41, 5.74) is 2.10. The van der Waals surface area contributed by atoms with Gasteiger partial charge in [0.15, 0.2) is 0 Å². The molecule has 1 atom stereocenters. The van der Waals surface area contributed by atoms with E-state index >= 15 is 0 Å². The summed E-state index contributed by atoms with van der Waals surface area (Å²) in [6.45, 7) is 2.05. The third kappa shape index (κ3) is 3.63. The molecule has 0 radical (unpaired) electrons. The molecule has 0 bridgehead atoms. The average molecular weight is 314 g/mol. The summed E-state index contributed by atoms with van der Waals surface area (Å²) < 4.78 is 13.0. The highest BCUT2D eigenvalue weighted by molar-refractivity contribution is 6.33. The van der Waals surface area contributed by atoms with Crippen LogP contribution in [-0.4, -0.2) is 11.7 Å². The fraction of sp³-hybridized carbons (Fsp3) is 0.200. The third-order valence-electron chi connectivity index (χ3n) is 2.99. The number of nitrogens with one attached hydrogen (secondary N) is 1. The standard InChI is InChI=1S/C15H14Cl2FNO/c1-9-6-11(18)3-5-14(9)19-8-15(20)12-7-10(16)2-4-13(12)17/h2-7,15,19-20H,8H2,1H3. The van der Waals surface area contributed by atoms with Crippen molar-refractivity contribution in [1.82, 2.24) is 0 Å². The molecule has 2 aromatic rings. The lowest BCUT2D eigenvalue weighted by molar-refractivity contribution is 0.191. The second kappa shape index (κ2) is 6.44. The molecule has 0 aliphatic rings. The van der Waals surface area contributed by atoms with Gasteiger partial charge in [0, 0.05) is 27.8 Å². The van der Waals surface area contributed by atoms with Gasteiger partial charge >= 0.3 is 0 Å². The van der Waals surface area contributed by atoms with Gasteiger partial charge in [0.1, 0.15) is 5.82 Å². The number of hydrogen-bond donors (Lipinski definition) is 2. The number of aliphatic hydroxyl groups is 1. The lowest BCUT2D eigenvalue weighted by Crippen LogP contribution is -2.13. The van der Waals surface area contributed by atoms with Gasteiger partial charge in [-0.2, -0.15) is 0 Å². The molecule has 2 N–H and O–H groups in total. The topological polar surface area (TPSA) is 32.3 Å². The van der Waals surface area contributed by atoms with Crippen molar-refractivity contribution in [3.63, 3.8) is 0 Å². The minimum Gasteiger partial charge on any atom is -0.387 e. The predicted octanol–water partition coefficient (Wildman–Crippen LogP) is 4.59. The maximum atomic E-state index is 13.0. The lowest BCUT2D eigenvalue weighted by atomic mass is 10.1. The zero-order valence-corrected chi connectivity index (χ0v) is 12.3. The van der Waals surface area contributed by atoms with Crippen LogP contribution in [0, 0.1) is 12.7 Å². The van der Waals surface area contributed by atoms with Crippen molar-refractivity contribution in [2.24, 2.45) is 0 Å². The van der Waals surface area contributed by atoms with Crippen molar-refractivity contribution < 1.29 is 9.50 Å². The van der Waals surface area contributed by atoms with E-state index in [1.54, 1.807) is 31.2 Å². The first-order valence-electron chi connectivity index (χ1n) is 6.10. The minimum atomic E-state index is -0.800. The Balaban J connectivity index is 2.08. The third-order valence-corrected chi connectivity index (χ3v) is 3.57. The molecule has 2 nitrogen and oxygen atoms in total. The Morgan fingerprint density at radius 1 is 1.20 bits per heavy atom. The molecule has 0 amide bonds. The highest BCUT2D eigenvalue weighted by Crippen LogP contribution is 2.27. The largest absolute Gasteiger partial charge is 0.387 e. The molecular weight excluding hydrogens is 300 g/mol. The van der Waals surface area contributed by atoms with Crippen LogP contribution in [0.2, 0.25) is 10.0 Å². The predicted molar refractivity (Wildman–Crippen MR) is 81.0 cm³/mol. The molecule has 0 aromatic heterocycles. The van der Waals surface area contributed by atoms with Crippen LogP contribution in [-0.2, 0) is 0 Å². The Kier molecular flexibility index (Phi) is 4.86. The van der Waals surface area contributed by atoms with Crippen molar-refractivity contribution >= 4 is 28.9 Å². The molecular formula is C15H14Cl2FNO. The second-order valence-electron chi connectivity index (χ2n) is 4.52. The van der Waals surface area contributed by atoms with Crippen molar-refractivity contribution in [3.8, 4) is 0 Å².